The fourth-order valence-electron chi connectivity index (χ4n) is 3.04. The summed E-state index contributed by atoms with van der Waals surface area (Å²) in [7, 11) is 0. The van der Waals surface area contributed by atoms with Crippen molar-refractivity contribution in [1.29, 1.82) is 0 Å². The van der Waals surface area contributed by atoms with Crippen LogP contribution in [0.2, 0.25) is 0 Å². The van der Waals surface area contributed by atoms with Gasteiger partial charge < -0.3 is 0 Å². The first-order chi connectivity index (χ1) is 10.9. The summed E-state index contributed by atoms with van der Waals surface area (Å²) >= 11 is 0. The van der Waals surface area contributed by atoms with Crippen LogP contribution in [0.25, 0.3) is 6.08 Å². The SMILES string of the molecule is CCCCCc1cc(C)c(/C=C\C(C)CCC=C(C)C)c(C)c1. The predicted octanol–water partition coefficient (Wildman–Crippen LogP) is 7.43. The van der Waals surface area contributed by atoms with Crippen LogP contribution in [-0.2, 0) is 6.42 Å². The first-order valence-electron chi connectivity index (χ1n) is 9.35. The monoisotopic (exact) mass is 312 g/mol. The van der Waals surface area contributed by atoms with Crippen molar-refractivity contribution in [3.63, 3.8) is 0 Å². The van der Waals surface area contributed by atoms with Crippen LogP contribution in [0.5, 0.6) is 0 Å². The van der Waals surface area contributed by atoms with Crippen LogP contribution >= 0.6 is 0 Å². The standard InChI is InChI=1S/C23H36/c1-7-8-9-13-22-16-20(5)23(21(6)17-22)15-14-19(4)12-10-11-18(2)3/h11,14-17,19H,7-10,12-13H2,1-6H3/b15-14-. The molecule has 0 aliphatic rings. The molecule has 1 aromatic carbocycles. The second kappa shape index (κ2) is 10.5. The molecule has 1 unspecified atom stereocenters. The molecule has 0 saturated heterocycles. The lowest BCUT2D eigenvalue weighted by molar-refractivity contribution is 0.659. The van der Waals surface area contributed by atoms with Crippen LogP contribution in [0, 0.1) is 19.8 Å². The second-order valence-corrected chi connectivity index (χ2v) is 7.30. The zero-order valence-electron chi connectivity index (χ0n) is 16.2. The molecule has 23 heavy (non-hydrogen) atoms. The third-order valence-corrected chi connectivity index (χ3v) is 4.49. The van der Waals surface area contributed by atoms with Crippen LogP contribution in [0.3, 0.4) is 0 Å². The molecule has 0 nitrogen and oxygen atoms in total. The van der Waals surface area contributed by atoms with Gasteiger partial charge in [-0.3, -0.25) is 0 Å². The number of benzene rings is 1. The molecule has 1 rings (SSSR count). The Morgan fingerprint density at radius 3 is 2.30 bits per heavy atom. The number of allylic oxidation sites excluding steroid dienone is 3. The first-order valence-corrected chi connectivity index (χ1v) is 9.35. The Morgan fingerprint density at radius 1 is 1.09 bits per heavy atom. The third-order valence-electron chi connectivity index (χ3n) is 4.49. The van der Waals surface area contributed by atoms with Gasteiger partial charge >= 0.3 is 0 Å². The van der Waals surface area contributed by atoms with Crippen molar-refractivity contribution >= 4 is 6.08 Å². The van der Waals surface area contributed by atoms with Crippen molar-refractivity contribution in [2.24, 2.45) is 5.92 Å². The summed E-state index contributed by atoms with van der Waals surface area (Å²) in [5.74, 6) is 0.633. The number of aryl methyl sites for hydroxylation is 3. The van der Waals surface area contributed by atoms with Gasteiger partial charge in [-0.05, 0) is 81.5 Å². The van der Waals surface area contributed by atoms with Gasteiger partial charge in [0.2, 0.25) is 0 Å². The third kappa shape index (κ3) is 7.68. The highest BCUT2D eigenvalue weighted by Crippen LogP contribution is 2.21. The topological polar surface area (TPSA) is 0 Å². The van der Waals surface area contributed by atoms with Crippen molar-refractivity contribution in [3.8, 4) is 0 Å². The first kappa shape index (κ1) is 19.7. The zero-order chi connectivity index (χ0) is 17.2. The molecule has 0 amide bonds. The normalized spacial score (nSPS) is 12.6. The molecule has 0 aliphatic carbocycles. The molecule has 0 saturated carbocycles. The summed E-state index contributed by atoms with van der Waals surface area (Å²) < 4.78 is 0. The summed E-state index contributed by atoms with van der Waals surface area (Å²) in [5.41, 5.74) is 7.18. The van der Waals surface area contributed by atoms with Crippen molar-refractivity contribution < 1.29 is 0 Å². The minimum absolute atomic E-state index is 0.633. The van der Waals surface area contributed by atoms with Crippen molar-refractivity contribution in [1.82, 2.24) is 0 Å². The van der Waals surface area contributed by atoms with Gasteiger partial charge in [0.1, 0.15) is 0 Å². The molecule has 1 aromatic rings. The highest BCUT2D eigenvalue weighted by molar-refractivity contribution is 5.58. The molecule has 0 heterocycles. The summed E-state index contributed by atoms with van der Waals surface area (Å²) in [6.45, 7) is 13.4. The maximum Gasteiger partial charge on any atom is -0.0201 e. The van der Waals surface area contributed by atoms with E-state index in [4.69, 9.17) is 0 Å². The van der Waals surface area contributed by atoms with Crippen LogP contribution < -0.4 is 0 Å². The molecular formula is C23H36. The number of hydrogen-bond donors (Lipinski definition) is 0. The lowest BCUT2D eigenvalue weighted by atomic mass is 9.95. The summed E-state index contributed by atoms with van der Waals surface area (Å²) in [6, 6.07) is 4.77. The van der Waals surface area contributed by atoms with Gasteiger partial charge in [0, 0.05) is 0 Å². The van der Waals surface area contributed by atoms with E-state index in [0.29, 0.717) is 5.92 Å². The molecule has 0 heteroatoms. The summed E-state index contributed by atoms with van der Waals surface area (Å²) in [6.07, 6.45) is 14.6. The average Bonchev–Trinajstić information content (AvgIpc) is 2.46. The molecule has 0 bridgehead atoms. The largest absolute Gasteiger partial charge is 0.0859 e. The van der Waals surface area contributed by atoms with Crippen LogP contribution in [0.4, 0.5) is 0 Å². The highest BCUT2D eigenvalue weighted by Gasteiger charge is 2.04. The van der Waals surface area contributed by atoms with E-state index in [2.05, 4.69) is 71.9 Å². The Hall–Kier alpha value is -1.30. The van der Waals surface area contributed by atoms with E-state index < -0.39 is 0 Å². The Labute approximate surface area is 144 Å². The van der Waals surface area contributed by atoms with Crippen LogP contribution in [-0.4, -0.2) is 0 Å². The van der Waals surface area contributed by atoms with Crippen molar-refractivity contribution in [2.75, 3.05) is 0 Å². The zero-order valence-corrected chi connectivity index (χ0v) is 16.2. The van der Waals surface area contributed by atoms with E-state index in [9.17, 15) is 0 Å². The molecule has 0 spiro atoms. The molecule has 0 radical (unpaired) electrons. The van der Waals surface area contributed by atoms with Gasteiger partial charge in [0.05, 0.1) is 0 Å². The minimum atomic E-state index is 0.633. The lowest BCUT2D eigenvalue weighted by Gasteiger charge is -2.11. The maximum absolute atomic E-state index is 2.39. The van der Waals surface area contributed by atoms with Crippen molar-refractivity contribution in [3.05, 3.63) is 52.1 Å². The Bertz CT molecular complexity index is 504. The highest BCUT2D eigenvalue weighted by atomic mass is 14.1. The van der Waals surface area contributed by atoms with E-state index in [1.807, 2.05) is 0 Å². The second-order valence-electron chi connectivity index (χ2n) is 7.30. The van der Waals surface area contributed by atoms with E-state index in [0.717, 1.165) is 0 Å². The Morgan fingerprint density at radius 2 is 1.74 bits per heavy atom. The van der Waals surface area contributed by atoms with E-state index >= 15 is 0 Å². The molecule has 0 aromatic heterocycles. The van der Waals surface area contributed by atoms with Gasteiger partial charge in [-0.15, -0.1) is 0 Å². The van der Waals surface area contributed by atoms with Crippen LogP contribution in [0.1, 0.15) is 82.1 Å². The van der Waals surface area contributed by atoms with Gasteiger partial charge in [-0.25, -0.2) is 0 Å². The quantitative estimate of drug-likeness (QED) is 0.328. The van der Waals surface area contributed by atoms with Gasteiger partial charge in [-0.1, -0.05) is 62.6 Å². The molecular weight excluding hydrogens is 276 g/mol. The number of hydrogen-bond acceptors (Lipinski definition) is 0. The van der Waals surface area contributed by atoms with Crippen LogP contribution in [0.15, 0.2) is 29.9 Å². The number of unbranched alkanes of at least 4 members (excludes halogenated alkanes) is 2. The van der Waals surface area contributed by atoms with E-state index in [1.54, 1.807) is 0 Å². The Kier molecular flexibility index (Phi) is 8.99. The fraction of sp³-hybridized carbons (Fsp3) is 0.565. The van der Waals surface area contributed by atoms with E-state index in [1.165, 1.54) is 66.4 Å². The smallest absolute Gasteiger partial charge is 0.0201 e. The summed E-state index contributed by atoms with van der Waals surface area (Å²) in [4.78, 5) is 0. The maximum atomic E-state index is 2.39. The van der Waals surface area contributed by atoms with E-state index in [-0.39, 0.29) is 0 Å². The molecule has 1 atom stereocenters. The molecule has 0 fully saturated rings. The minimum Gasteiger partial charge on any atom is -0.0859 e. The summed E-state index contributed by atoms with van der Waals surface area (Å²) in [5, 5.41) is 0. The van der Waals surface area contributed by atoms with Gasteiger partial charge in [0.15, 0.2) is 0 Å². The number of rotatable bonds is 9. The molecule has 0 aliphatic heterocycles. The van der Waals surface area contributed by atoms with Gasteiger partial charge in [-0.2, -0.15) is 0 Å². The van der Waals surface area contributed by atoms with Gasteiger partial charge in [0.25, 0.3) is 0 Å². The lowest BCUT2D eigenvalue weighted by Crippen LogP contribution is -1.94. The molecule has 0 N–H and O–H groups in total. The fourth-order valence-corrected chi connectivity index (χ4v) is 3.04. The predicted molar refractivity (Wildman–Crippen MR) is 106 cm³/mol. The molecule has 128 valence electrons. The Balaban J connectivity index is 2.69. The average molecular weight is 313 g/mol. The van der Waals surface area contributed by atoms with Crippen molar-refractivity contribution in [2.45, 2.75) is 80.1 Å².